The number of nitrogens with zero attached hydrogens (tertiary/aromatic N) is 5. The predicted octanol–water partition coefficient (Wildman–Crippen LogP) is 4.52. The summed E-state index contributed by atoms with van der Waals surface area (Å²) in [5.41, 5.74) is 0.117. The fraction of sp³-hybridized carbons (Fsp3) is 0.552. The van der Waals surface area contributed by atoms with Crippen molar-refractivity contribution < 1.29 is 23.5 Å². The zero-order chi connectivity index (χ0) is 28.9. The minimum Gasteiger partial charge on any atom is -0.489 e. The fourth-order valence-electron chi connectivity index (χ4n) is 5.57. The van der Waals surface area contributed by atoms with Crippen LogP contribution < -0.4 is 9.64 Å². The first-order valence-corrected chi connectivity index (χ1v) is 14.1. The number of ether oxygens (including phenoxy) is 2. The molecule has 0 spiro atoms. The highest BCUT2D eigenvalue weighted by atomic mass is 35.5. The first kappa shape index (κ1) is 28.4. The Hall–Kier alpha value is -3.11. The van der Waals surface area contributed by atoms with E-state index in [1.54, 1.807) is 28.0 Å². The van der Waals surface area contributed by atoms with Gasteiger partial charge in [0.05, 0.1) is 11.7 Å². The Morgan fingerprint density at radius 1 is 1.10 bits per heavy atom. The lowest BCUT2D eigenvalue weighted by Gasteiger charge is -2.44. The first-order chi connectivity index (χ1) is 18.9. The Balaban J connectivity index is 1.58. The summed E-state index contributed by atoms with van der Waals surface area (Å²) >= 11 is 6.88. The summed E-state index contributed by atoms with van der Waals surface area (Å²) in [4.78, 5) is 39.7. The quantitative estimate of drug-likeness (QED) is 0.522. The van der Waals surface area contributed by atoms with Crippen LogP contribution in [0.5, 0.6) is 5.75 Å². The molecule has 0 bridgehead atoms. The average Bonchev–Trinajstić information content (AvgIpc) is 3.03. The van der Waals surface area contributed by atoms with Gasteiger partial charge in [0.2, 0.25) is 0 Å². The van der Waals surface area contributed by atoms with Crippen molar-refractivity contribution in [3.63, 3.8) is 0 Å². The standard InChI is InChI=1S/C29H37ClFN5O4/c1-17-14-36(18(2)13-33(17)6)26-22-25(23(30)24(32-26)20-9-7-8-10-21(20)31)39-16-19-15-34(11-12-35(19)27(22)37)28(38)40-29(3,4)5/h7-10,17-19H,11-16H2,1-6H3/t17-,18-,19+/m0/s1. The van der Waals surface area contributed by atoms with Gasteiger partial charge in [-0.2, -0.15) is 0 Å². The molecule has 11 heteroatoms. The number of anilines is 1. The van der Waals surface area contributed by atoms with Crippen molar-refractivity contribution >= 4 is 29.4 Å². The third kappa shape index (κ3) is 5.31. The molecule has 40 heavy (non-hydrogen) atoms. The van der Waals surface area contributed by atoms with Crippen molar-refractivity contribution in [2.75, 3.05) is 51.3 Å². The molecule has 4 heterocycles. The summed E-state index contributed by atoms with van der Waals surface area (Å²) in [5.74, 6) is -0.0881. The first-order valence-electron chi connectivity index (χ1n) is 13.7. The van der Waals surface area contributed by atoms with Crippen LogP contribution in [-0.4, -0.2) is 102 Å². The van der Waals surface area contributed by atoms with Crippen LogP contribution in [0.25, 0.3) is 11.3 Å². The van der Waals surface area contributed by atoms with Gasteiger partial charge in [-0.3, -0.25) is 9.69 Å². The van der Waals surface area contributed by atoms with Gasteiger partial charge in [0.1, 0.15) is 34.4 Å². The number of aromatic nitrogens is 1. The third-order valence-corrected chi connectivity index (χ3v) is 8.15. The Bertz CT molecular complexity index is 1320. The highest BCUT2D eigenvalue weighted by Crippen LogP contribution is 2.44. The van der Waals surface area contributed by atoms with E-state index in [0.717, 1.165) is 6.54 Å². The molecule has 0 N–H and O–H groups in total. The van der Waals surface area contributed by atoms with Gasteiger partial charge >= 0.3 is 6.09 Å². The van der Waals surface area contributed by atoms with Gasteiger partial charge in [0.25, 0.3) is 5.91 Å². The highest BCUT2D eigenvalue weighted by molar-refractivity contribution is 6.35. The average molecular weight is 574 g/mol. The Kier molecular flexibility index (Phi) is 7.60. The van der Waals surface area contributed by atoms with Crippen molar-refractivity contribution in [3.05, 3.63) is 40.7 Å². The molecule has 216 valence electrons. The fourth-order valence-corrected chi connectivity index (χ4v) is 5.87. The molecule has 0 saturated carbocycles. The van der Waals surface area contributed by atoms with Gasteiger partial charge in [-0.05, 0) is 53.8 Å². The maximum atomic E-state index is 15.0. The van der Waals surface area contributed by atoms with Crippen molar-refractivity contribution in [3.8, 4) is 17.0 Å². The number of rotatable bonds is 2. The summed E-state index contributed by atoms with van der Waals surface area (Å²) in [7, 11) is 2.07. The molecule has 2 amide bonds. The molecule has 2 fully saturated rings. The van der Waals surface area contributed by atoms with Crippen LogP contribution in [0.1, 0.15) is 45.0 Å². The monoisotopic (exact) mass is 573 g/mol. The number of hydrogen-bond donors (Lipinski definition) is 0. The molecule has 0 unspecified atom stereocenters. The zero-order valence-corrected chi connectivity index (χ0v) is 24.7. The minimum atomic E-state index is -0.631. The van der Waals surface area contributed by atoms with E-state index in [2.05, 4.69) is 30.7 Å². The van der Waals surface area contributed by atoms with Crippen molar-refractivity contribution in [1.29, 1.82) is 0 Å². The number of amides is 2. The summed E-state index contributed by atoms with van der Waals surface area (Å²) in [5, 5.41) is 0.0934. The molecular formula is C29H37ClFN5O4. The number of piperazine rings is 2. The molecule has 2 saturated heterocycles. The highest BCUT2D eigenvalue weighted by Gasteiger charge is 2.42. The largest absolute Gasteiger partial charge is 0.489 e. The third-order valence-electron chi connectivity index (χ3n) is 7.80. The number of likely N-dealkylation sites (N-methyl/N-ethyl adjacent to an activating group) is 1. The van der Waals surface area contributed by atoms with Gasteiger partial charge < -0.3 is 24.2 Å². The summed E-state index contributed by atoms with van der Waals surface area (Å²) in [6.07, 6.45) is -0.427. The molecule has 3 aliphatic rings. The van der Waals surface area contributed by atoms with Crippen molar-refractivity contribution in [1.82, 2.24) is 19.7 Å². The van der Waals surface area contributed by atoms with E-state index in [9.17, 15) is 9.59 Å². The van der Waals surface area contributed by atoms with Crippen LogP contribution in [0, 0.1) is 5.82 Å². The van der Waals surface area contributed by atoms with Gasteiger partial charge in [0.15, 0.2) is 5.75 Å². The second-order valence-corrected chi connectivity index (χ2v) is 12.3. The van der Waals surface area contributed by atoms with Gasteiger partial charge in [-0.15, -0.1) is 0 Å². The van der Waals surface area contributed by atoms with Crippen LogP contribution >= 0.6 is 11.6 Å². The van der Waals surface area contributed by atoms with Crippen LogP contribution in [0.4, 0.5) is 15.0 Å². The van der Waals surface area contributed by atoms with Crippen LogP contribution in [0.3, 0.4) is 0 Å². The molecule has 3 aliphatic heterocycles. The second kappa shape index (κ2) is 10.7. The maximum absolute atomic E-state index is 15.0. The van der Waals surface area contributed by atoms with Crippen molar-refractivity contribution in [2.45, 2.75) is 58.3 Å². The van der Waals surface area contributed by atoms with E-state index in [4.69, 9.17) is 26.1 Å². The molecule has 5 rings (SSSR count). The van der Waals surface area contributed by atoms with E-state index >= 15 is 4.39 Å². The molecule has 9 nitrogen and oxygen atoms in total. The van der Waals surface area contributed by atoms with Gasteiger partial charge in [-0.25, -0.2) is 14.2 Å². The van der Waals surface area contributed by atoms with Crippen molar-refractivity contribution in [2.24, 2.45) is 0 Å². The zero-order valence-electron chi connectivity index (χ0n) is 23.9. The molecule has 1 aromatic carbocycles. The normalized spacial score (nSPS) is 23.8. The Labute approximate surface area is 239 Å². The van der Waals surface area contributed by atoms with E-state index in [1.165, 1.54) is 6.07 Å². The molecule has 3 atom stereocenters. The summed E-state index contributed by atoms with van der Waals surface area (Å²) in [6.45, 7) is 12.1. The molecule has 2 aromatic rings. The topological polar surface area (TPSA) is 78.5 Å². The lowest BCUT2D eigenvalue weighted by molar-refractivity contribution is 0.000952. The molecule has 1 aromatic heterocycles. The lowest BCUT2D eigenvalue weighted by Crippen LogP contribution is -2.58. The number of hydrogen-bond acceptors (Lipinski definition) is 7. The van der Waals surface area contributed by atoms with Crippen LogP contribution in [0.15, 0.2) is 24.3 Å². The second-order valence-electron chi connectivity index (χ2n) is 12.0. The molecular weight excluding hydrogens is 537 g/mol. The lowest BCUT2D eigenvalue weighted by atomic mass is 10.0. The van der Waals surface area contributed by atoms with Crippen LogP contribution in [-0.2, 0) is 4.74 Å². The van der Waals surface area contributed by atoms with Gasteiger partial charge in [-0.1, -0.05) is 23.7 Å². The number of carbonyl (C=O) groups excluding carboxylic acids is 2. The van der Waals surface area contributed by atoms with Crippen LogP contribution in [0.2, 0.25) is 5.02 Å². The van der Waals surface area contributed by atoms with E-state index in [0.29, 0.717) is 25.5 Å². The van der Waals surface area contributed by atoms with E-state index < -0.39 is 23.6 Å². The number of benzene rings is 1. The predicted molar refractivity (Wildman–Crippen MR) is 152 cm³/mol. The molecule has 0 radical (unpaired) electrons. The molecule has 0 aliphatic carbocycles. The number of halogens is 2. The maximum Gasteiger partial charge on any atom is 0.410 e. The Morgan fingerprint density at radius 2 is 1.82 bits per heavy atom. The number of fused-ring (bicyclic) bond motifs is 2. The number of carbonyl (C=O) groups is 2. The van der Waals surface area contributed by atoms with Gasteiger partial charge in [0, 0.05) is 50.4 Å². The minimum absolute atomic E-state index is 0.0308. The summed E-state index contributed by atoms with van der Waals surface area (Å²) < 4.78 is 26.9. The number of pyridine rings is 1. The summed E-state index contributed by atoms with van der Waals surface area (Å²) in [6, 6.07) is 6.13. The SMILES string of the molecule is C[C@H]1CN(c2nc(-c3ccccc3F)c(Cl)c3c2C(=O)N2CCN(C(=O)OC(C)(C)C)C[C@@H]2CO3)[C@@H](C)CN1C. The smallest absolute Gasteiger partial charge is 0.410 e. The van der Waals surface area contributed by atoms with E-state index in [-0.39, 0.29) is 58.7 Å². The van der Waals surface area contributed by atoms with E-state index in [1.807, 2.05) is 20.8 Å². The Morgan fingerprint density at radius 3 is 2.52 bits per heavy atom.